The third-order valence-electron chi connectivity index (χ3n) is 4.14. The van der Waals surface area contributed by atoms with Gasteiger partial charge in [0.15, 0.2) is 17.3 Å². The Labute approximate surface area is 119 Å². The fourth-order valence-corrected chi connectivity index (χ4v) is 2.99. The van der Waals surface area contributed by atoms with Gasteiger partial charge in [-0.2, -0.15) is 0 Å². The Balaban J connectivity index is 1.80. The molecule has 0 spiro atoms. The van der Waals surface area contributed by atoms with Gasteiger partial charge in [0, 0.05) is 24.7 Å². The van der Waals surface area contributed by atoms with E-state index in [-0.39, 0.29) is 0 Å². The molecule has 1 saturated carbocycles. The summed E-state index contributed by atoms with van der Waals surface area (Å²) in [6.45, 7) is 1.31. The third-order valence-corrected chi connectivity index (χ3v) is 4.14. The van der Waals surface area contributed by atoms with E-state index in [0.717, 1.165) is 36.6 Å². The summed E-state index contributed by atoms with van der Waals surface area (Å²) in [5.74, 6) is 1.88. The van der Waals surface area contributed by atoms with Crippen LogP contribution in [-0.4, -0.2) is 32.1 Å². The van der Waals surface area contributed by atoms with Crippen LogP contribution >= 0.6 is 0 Å². The molecular formula is C16H21NO3. The minimum Gasteiger partial charge on any atom is -0.493 e. The Morgan fingerprint density at radius 3 is 2.65 bits per heavy atom. The average molecular weight is 275 g/mol. The van der Waals surface area contributed by atoms with Crippen molar-refractivity contribution in [3.63, 3.8) is 0 Å². The van der Waals surface area contributed by atoms with Crippen molar-refractivity contribution in [1.82, 2.24) is 0 Å². The topological polar surface area (TPSA) is 38.8 Å². The van der Waals surface area contributed by atoms with Crippen molar-refractivity contribution >= 4 is 11.5 Å². The molecule has 0 amide bonds. The van der Waals surface area contributed by atoms with E-state index in [9.17, 15) is 4.79 Å². The zero-order valence-electron chi connectivity index (χ0n) is 11.9. The van der Waals surface area contributed by atoms with E-state index in [0.29, 0.717) is 24.9 Å². The molecule has 0 bridgehead atoms. The summed E-state index contributed by atoms with van der Waals surface area (Å²) in [4.78, 5) is 13.5. The molecule has 1 aromatic rings. The first-order chi connectivity index (χ1) is 9.76. The summed E-state index contributed by atoms with van der Waals surface area (Å²) in [6, 6.07) is 5.94. The van der Waals surface area contributed by atoms with Crippen LogP contribution in [0.4, 0.5) is 5.69 Å². The largest absolute Gasteiger partial charge is 0.493 e. The van der Waals surface area contributed by atoms with Gasteiger partial charge in [-0.3, -0.25) is 4.79 Å². The maximum atomic E-state index is 11.4. The van der Waals surface area contributed by atoms with Gasteiger partial charge in [0.25, 0.3) is 0 Å². The van der Waals surface area contributed by atoms with E-state index in [1.165, 1.54) is 12.8 Å². The molecule has 0 aromatic heterocycles. The first kappa shape index (κ1) is 13.3. The van der Waals surface area contributed by atoms with Crippen LogP contribution in [0.5, 0.6) is 11.5 Å². The second-order valence-corrected chi connectivity index (χ2v) is 5.57. The van der Waals surface area contributed by atoms with Crippen molar-refractivity contribution in [2.24, 2.45) is 0 Å². The molecule has 108 valence electrons. The highest BCUT2D eigenvalue weighted by Gasteiger charge is 2.22. The number of benzene rings is 1. The highest BCUT2D eigenvalue weighted by atomic mass is 16.5. The Bertz CT molecular complexity index is 494. The van der Waals surface area contributed by atoms with Crippen molar-refractivity contribution in [2.75, 3.05) is 25.1 Å². The Morgan fingerprint density at radius 2 is 2.00 bits per heavy atom. The van der Waals surface area contributed by atoms with E-state index in [1.807, 2.05) is 18.2 Å². The fourth-order valence-electron chi connectivity index (χ4n) is 2.99. The van der Waals surface area contributed by atoms with Crippen molar-refractivity contribution in [2.45, 2.75) is 38.2 Å². The van der Waals surface area contributed by atoms with Gasteiger partial charge in [0.2, 0.25) is 0 Å². The van der Waals surface area contributed by atoms with Crippen LogP contribution in [0.15, 0.2) is 18.2 Å². The van der Waals surface area contributed by atoms with E-state index < -0.39 is 0 Å². The van der Waals surface area contributed by atoms with Crippen LogP contribution in [0.3, 0.4) is 0 Å². The minimum atomic E-state index is 0.305. The van der Waals surface area contributed by atoms with Gasteiger partial charge in [-0.05, 0) is 37.8 Å². The van der Waals surface area contributed by atoms with Gasteiger partial charge in [-0.25, -0.2) is 0 Å². The Hall–Kier alpha value is -1.71. The molecule has 0 unspecified atom stereocenters. The maximum Gasteiger partial charge on any atom is 0.163 e. The zero-order valence-corrected chi connectivity index (χ0v) is 11.9. The molecule has 2 fully saturated rings. The van der Waals surface area contributed by atoms with E-state index >= 15 is 0 Å². The number of carbonyl (C=O) groups is 1. The van der Waals surface area contributed by atoms with Crippen LogP contribution in [-0.2, 0) is 4.79 Å². The van der Waals surface area contributed by atoms with Crippen molar-refractivity contribution in [3.05, 3.63) is 18.2 Å². The molecule has 0 atom stereocenters. The van der Waals surface area contributed by atoms with Crippen LogP contribution < -0.4 is 14.4 Å². The number of ether oxygens (including phenoxy) is 2. The van der Waals surface area contributed by atoms with Crippen LogP contribution in [0.2, 0.25) is 0 Å². The SMILES string of the molecule is COc1ccc(N2CCC(=O)C2)cc1OC1CCCC1. The molecule has 20 heavy (non-hydrogen) atoms. The number of rotatable bonds is 4. The lowest BCUT2D eigenvalue weighted by Gasteiger charge is -2.21. The first-order valence-corrected chi connectivity index (χ1v) is 7.37. The number of methoxy groups -OCH3 is 1. The monoisotopic (exact) mass is 275 g/mol. The number of hydrogen-bond donors (Lipinski definition) is 0. The van der Waals surface area contributed by atoms with Gasteiger partial charge in [-0.15, -0.1) is 0 Å². The quantitative estimate of drug-likeness (QED) is 0.847. The molecule has 1 aliphatic heterocycles. The number of anilines is 1. The molecule has 1 heterocycles. The molecule has 2 aliphatic rings. The van der Waals surface area contributed by atoms with Crippen molar-refractivity contribution in [1.29, 1.82) is 0 Å². The standard InChI is InChI=1S/C16H21NO3/c1-19-15-7-6-12(17-9-8-13(18)11-17)10-16(15)20-14-4-2-3-5-14/h6-7,10,14H,2-5,8-9,11H2,1H3. The molecule has 3 rings (SSSR count). The second kappa shape index (κ2) is 5.73. The van der Waals surface area contributed by atoms with Gasteiger partial charge in [0.1, 0.15) is 0 Å². The van der Waals surface area contributed by atoms with Crippen LogP contribution in [0.1, 0.15) is 32.1 Å². The summed E-state index contributed by atoms with van der Waals surface area (Å²) in [5.41, 5.74) is 1.05. The fraction of sp³-hybridized carbons (Fsp3) is 0.562. The lowest BCUT2D eigenvalue weighted by molar-refractivity contribution is -0.116. The highest BCUT2D eigenvalue weighted by molar-refractivity contribution is 5.87. The van der Waals surface area contributed by atoms with Gasteiger partial charge >= 0.3 is 0 Å². The summed E-state index contributed by atoms with van der Waals surface area (Å²) < 4.78 is 11.5. The number of nitrogens with zero attached hydrogens (tertiary/aromatic N) is 1. The Morgan fingerprint density at radius 1 is 1.20 bits per heavy atom. The highest BCUT2D eigenvalue weighted by Crippen LogP contribution is 2.35. The van der Waals surface area contributed by atoms with Crippen LogP contribution in [0.25, 0.3) is 0 Å². The van der Waals surface area contributed by atoms with Crippen molar-refractivity contribution < 1.29 is 14.3 Å². The van der Waals surface area contributed by atoms with Crippen molar-refractivity contribution in [3.8, 4) is 11.5 Å². The smallest absolute Gasteiger partial charge is 0.163 e. The summed E-state index contributed by atoms with van der Waals surface area (Å²) in [5, 5.41) is 0. The minimum absolute atomic E-state index is 0.305. The lowest BCUT2D eigenvalue weighted by Crippen LogP contribution is -2.20. The third kappa shape index (κ3) is 2.74. The van der Waals surface area contributed by atoms with Gasteiger partial charge in [-0.1, -0.05) is 0 Å². The zero-order chi connectivity index (χ0) is 13.9. The predicted octanol–water partition coefficient (Wildman–Crippen LogP) is 2.80. The molecule has 1 saturated heterocycles. The normalized spacial score (nSPS) is 19.6. The molecule has 4 heteroatoms. The molecule has 1 aliphatic carbocycles. The molecule has 0 radical (unpaired) electrons. The summed E-state index contributed by atoms with van der Waals surface area (Å²) in [6.07, 6.45) is 5.68. The lowest BCUT2D eigenvalue weighted by atomic mass is 10.2. The Kier molecular flexibility index (Phi) is 3.81. The number of ketones is 1. The maximum absolute atomic E-state index is 11.4. The molecule has 4 nitrogen and oxygen atoms in total. The summed E-state index contributed by atoms with van der Waals surface area (Å²) >= 11 is 0. The molecular weight excluding hydrogens is 254 g/mol. The van der Waals surface area contributed by atoms with Gasteiger partial charge in [0.05, 0.1) is 19.8 Å². The number of Topliss-reactive ketones (excluding diaryl/α,β-unsaturated/α-hetero) is 1. The molecule has 1 aromatic carbocycles. The predicted molar refractivity (Wildman–Crippen MR) is 77.7 cm³/mol. The average Bonchev–Trinajstić information content (AvgIpc) is 3.10. The van der Waals surface area contributed by atoms with Crippen LogP contribution in [0, 0.1) is 0 Å². The summed E-state index contributed by atoms with van der Waals surface area (Å²) in [7, 11) is 1.66. The van der Waals surface area contributed by atoms with Gasteiger partial charge < -0.3 is 14.4 Å². The second-order valence-electron chi connectivity index (χ2n) is 5.57. The first-order valence-electron chi connectivity index (χ1n) is 7.37. The number of hydrogen-bond acceptors (Lipinski definition) is 4. The van der Waals surface area contributed by atoms with E-state index in [1.54, 1.807) is 7.11 Å². The molecule has 0 N–H and O–H groups in total. The number of carbonyl (C=O) groups excluding carboxylic acids is 1. The van der Waals surface area contributed by atoms with E-state index in [4.69, 9.17) is 9.47 Å². The van der Waals surface area contributed by atoms with E-state index in [2.05, 4.69) is 4.90 Å².